The molecule has 4 aromatic rings. The quantitative estimate of drug-likeness (QED) is 0.571. The van der Waals surface area contributed by atoms with Gasteiger partial charge >= 0.3 is 0 Å². The lowest BCUT2D eigenvalue weighted by atomic mass is 10.0. The molecule has 108 valence electrons. The van der Waals surface area contributed by atoms with Crippen molar-refractivity contribution in [2.45, 2.75) is 0 Å². The van der Waals surface area contributed by atoms with Crippen LogP contribution in [0.4, 0.5) is 0 Å². The van der Waals surface area contributed by atoms with E-state index in [2.05, 4.69) is 11.1 Å². The monoisotopic (exact) mass is 307 g/mol. The summed E-state index contributed by atoms with van der Waals surface area (Å²) in [5.74, 6) is 0.828. The molecule has 0 radical (unpaired) electrons. The van der Waals surface area contributed by atoms with Gasteiger partial charge in [0.05, 0.1) is 7.11 Å². The predicted octanol–water partition coefficient (Wildman–Crippen LogP) is 4.13. The van der Waals surface area contributed by atoms with Crippen LogP contribution in [0.5, 0.6) is 5.75 Å². The molecule has 3 aromatic heterocycles. The summed E-state index contributed by atoms with van der Waals surface area (Å²) in [7, 11) is 1.68. The van der Waals surface area contributed by atoms with Gasteiger partial charge in [-0.05, 0) is 29.8 Å². The van der Waals surface area contributed by atoms with Crippen LogP contribution in [0.1, 0.15) is 0 Å². The normalized spacial score (nSPS) is 11.0. The zero-order valence-electron chi connectivity index (χ0n) is 11.9. The van der Waals surface area contributed by atoms with E-state index >= 15 is 0 Å². The minimum Gasteiger partial charge on any atom is -0.497 e. The van der Waals surface area contributed by atoms with Crippen LogP contribution in [0.15, 0.2) is 60.4 Å². The molecule has 4 rings (SSSR count). The van der Waals surface area contributed by atoms with Crippen LogP contribution in [-0.4, -0.2) is 21.7 Å². The molecule has 0 bridgehead atoms. The average molecular weight is 307 g/mol. The largest absolute Gasteiger partial charge is 0.497 e. The summed E-state index contributed by atoms with van der Waals surface area (Å²) >= 11 is 1.68. The fourth-order valence-electron chi connectivity index (χ4n) is 2.54. The molecule has 0 aliphatic rings. The number of benzene rings is 1. The van der Waals surface area contributed by atoms with E-state index in [4.69, 9.17) is 9.84 Å². The first-order valence-electron chi connectivity index (χ1n) is 6.87. The van der Waals surface area contributed by atoms with E-state index in [0.29, 0.717) is 0 Å². The third-order valence-electron chi connectivity index (χ3n) is 3.56. The molecule has 0 saturated heterocycles. The van der Waals surface area contributed by atoms with Gasteiger partial charge in [-0.15, -0.1) is 11.3 Å². The molecule has 0 unspecified atom stereocenters. The minimum atomic E-state index is 0.828. The van der Waals surface area contributed by atoms with Crippen molar-refractivity contribution in [3.8, 4) is 28.1 Å². The van der Waals surface area contributed by atoms with Crippen LogP contribution in [0.2, 0.25) is 0 Å². The van der Waals surface area contributed by atoms with E-state index in [1.54, 1.807) is 18.4 Å². The van der Waals surface area contributed by atoms with Gasteiger partial charge < -0.3 is 4.74 Å². The number of hydrogen-bond acceptors (Lipinski definition) is 4. The number of fused-ring (bicyclic) bond motifs is 1. The number of methoxy groups -OCH3 is 1. The highest BCUT2D eigenvalue weighted by Gasteiger charge is 2.17. The molecule has 0 aliphatic carbocycles. The molecule has 0 spiro atoms. The maximum atomic E-state index is 5.34. The van der Waals surface area contributed by atoms with Gasteiger partial charge in [-0.25, -0.2) is 4.52 Å². The summed E-state index contributed by atoms with van der Waals surface area (Å²) in [4.78, 5) is 5.24. The number of rotatable bonds is 3. The molecule has 0 N–H and O–H groups in total. The van der Waals surface area contributed by atoms with Gasteiger partial charge in [-0.1, -0.05) is 12.1 Å². The lowest BCUT2D eigenvalue weighted by Gasteiger charge is -2.05. The molecule has 0 saturated carbocycles. The molecule has 4 nitrogen and oxygen atoms in total. The van der Waals surface area contributed by atoms with Crippen molar-refractivity contribution in [1.82, 2.24) is 14.6 Å². The Kier molecular flexibility index (Phi) is 3.12. The molecular formula is C17H13N3OS. The highest BCUT2D eigenvalue weighted by atomic mass is 32.1. The molecular weight excluding hydrogens is 294 g/mol. The van der Waals surface area contributed by atoms with Crippen LogP contribution < -0.4 is 4.74 Å². The second kappa shape index (κ2) is 5.27. The zero-order valence-corrected chi connectivity index (χ0v) is 12.7. The summed E-state index contributed by atoms with van der Waals surface area (Å²) in [5, 5.41) is 6.79. The Morgan fingerprint density at radius 1 is 1.09 bits per heavy atom. The lowest BCUT2D eigenvalue weighted by molar-refractivity contribution is 0.415. The van der Waals surface area contributed by atoms with Crippen molar-refractivity contribution < 1.29 is 4.74 Å². The molecule has 22 heavy (non-hydrogen) atoms. The number of pyridine rings is 1. The topological polar surface area (TPSA) is 39.4 Å². The number of thiazole rings is 1. The molecule has 3 heterocycles. The van der Waals surface area contributed by atoms with Crippen LogP contribution in [-0.2, 0) is 0 Å². The maximum absolute atomic E-state index is 5.34. The van der Waals surface area contributed by atoms with Crippen molar-refractivity contribution >= 4 is 16.2 Å². The third-order valence-corrected chi connectivity index (χ3v) is 4.43. The third kappa shape index (κ3) is 2.07. The standard InChI is InChI=1S/C17H13N3OS/c1-21-14-4-2-3-13(11-14)16-15(12-5-7-18-8-6-12)17-20(19-16)9-10-22-17/h2-11H,1H3. The van der Waals surface area contributed by atoms with Gasteiger partial charge in [0.25, 0.3) is 0 Å². The summed E-state index contributed by atoms with van der Waals surface area (Å²) in [6, 6.07) is 12.0. The Labute approximate surface area is 131 Å². The molecule has 1 aromatic carbocycles. The highest BCUT2D eigenvalue weighted by molar-refractivity contribution is 7.16. The first-order chi connectivity index (χ1) is 10.9. The fourth-order valence-corrected chi connectivity index (χ4v) is 3.38. The number of nitrogens with zero attached hydrogens (tertiary/aromatic N) is 3. The second-order valence-electron chi connectivity index (χ2n) is 4.84. The Balaban J connectivity index is 1.99. The Bertz CT molecular complexity index is 927. The average Bonchev–Trinajstić information content (AvgIpc) is 3.16. The number of aromatic nitrogens is 3. The molecule has 5 heteroatoms. The van der Waals surface area contributed by atoms with Crippen LogP contribution in [0.3, 0.4) is 0 Å². The van der Waals surface area contributed by atoms with Gasteiger partial charge in [0.1, 0.15) is 16.3 Å². The van der Waals surface area contributed by atoms with E-state index < -0.39 is 0 Å². The molecule has 0 fully saturated rings. The van der Waals surface area contributed by atoms with E-state index in [-0.39, 0.29) is 0 Å². The lowest BCUT2D eigenvalue weighted by Crippen LogP contribution is -1.87. The van der Waals surface area contributed by atoms with Gasteiger partial charge in [-0.2, -0.15) is 5.10 Å². The van der Waals surface area contributed by atoms with Crippen LogP contribution in [0, 0.1) is 0 Å². The Morgan fingerprint density at radius 3 is 2.77 bits per heavy atom. The minimum absolute atomic E-state index is 0.828. The van der Waals surface area contributed by atoms with E-state index in [1.165, 1.54) is 0 Å². The van der Waals surface area contributed by atoms with E-state index in [9.17, 15) is 0 Å². The summed E-state index contributed by atoms with van der Waals surface area (Å²) in [6.45, 7) is 0. The van der Waals surface area contributed by atoms with Crippen molar-refractivity contribution in [2.75, 3.05) is 7.11 Å². The molecule has 0 atom stereocenters. The zero-order chi connectivity index (χ0) is 14.9. The maximum Gasteiger partial charge on any atom is 0.127 e. The number of ether oxygens (including phenoxy) is 1. The van der Waals surface area contributed by atoms with E-state index in [1.807, 2.05) is 58.8 Å². The summed E-state index contributed by atoms with van der Waals surface area (Å²) in [5.41, 5.74) is 4.25. The van der Waals surface area contributed by atoms with Crippen molar-refractivity contribution in [1.29, 1.82) is 0 Å². The summed E-state index contributed by atoms with van der Waals surface area (Å²) in [6.07, 6.45) is 5.60. The molecule has 0 aliphatic heterocycles. The van der Waals surface area contributed by atoms with Gasteiger partial charge in [0.15, 0.2) is 0 Å². The first kappa shape index (κ1) is 13.0. The van der Waals surface area contributed by atoms with Crippen molar-refractivity contribution in [3.05, 3.63) is 60.4 Å². The Hall–Kier alpha value is -2.66. The van der Waals surface area contributed by atoms with Crippen LogP contribution in [0.25, 0.3) is 27.2 Å². The van der Waals surface area contributed by atoms with Gasteiger partial charge in [0, 0.05) is 35.1 Å². The second-order valence-corrected chi connectivity index (χ2v) is 5.74. The van der Waals surface area contributed by atoms with E-state index in [0.717, 1.165) is 33.0 Å². The Morgan fingerprint density at radius 2 is 1.95 bits per heavy atom. The fraction of sp³-hybridized carbons (Fsp3) is 0.0588. The van der Waals surface area contributed by atoms with Crippen LogP contribution >= 0.6 is 11.3 Å². The van der Waals surface area contributed by atoms with Crippen molar-refractivity contribution in [3.63, 3.8) is 0 Å². The first-order valence-corrected chi connectivity index (χ1v) is 7.75. The predicted molar refractivity (Wildman–Crippen MR) is 88.3 cm³/mol. The van der Waals surface area contributed by atoms with Crippen molar-refractivity contribution in [2.24, 2.45) is 0 Å². The summed E-state index contributed by atoms with van der Waals surface area (Å²) < 4.78 is 7.26. The SMILES string of the molecule is COc1cccc(-c2nn3ccsc3c2-c2ccncc2)c1. The smallest absolute Gasteiger partial charge is 0.127 e. The highest BCUT2D eigenvalue weighted by Crippen LogP contribution is 2.37. The molecule has 0 amide bonds. The van der Waals surface area contributed by atoms with Gasteiger partial charge in [0.2, 0.25) is 0 Å². The van der Waals surface area contributed by atoms with Gasteiger partial charge in [-0.3, -0.25) is 4.98 Å². The number of hydrogen-bond donors (Lipinski definition) is 0.